The molecule has 4 atom stereocenters. The van der Waals surface area contributed by atoms with Crippen molar-refractivity contribution in [3.8, 4) is 0 Å². The predicted octanol–water partition coefficient (Wildman–Crippen LogP) is 2.23. The molecule has 1 unspecified atom stereocenters. The first-order valence-corrected chi connectivity index (χ1v) is 11.3. The van der Waals surface area contributed by atoms with Crippen LogP contribution in [0.1, 0.15) is 39.0 Å². The average Bonchev–Trinajstić information content (AvgIpc) is 3.18. The van der Waals surface area contributed by atoms with E-state index in [0.29, 0.717) is 13.2 Å². The van der Waals surface area contributed by atoms with Crippen LogP contribution in [-0.2, 0) is 29.6 Å². The lowest BCUT2D eigenvalue weighted by Gasteiger charge is -2.31. The molecule has 1 aromatic rings. The Labute approximate surface area is 161 Å². The molecule has 1 aliphatic carbocycles. The first kappa shape index (κ1) is 20.9. The molecule has 27 heavy (non-hydrogen) atoms. The highest BCUT2D eigenvalue weighted by atomic mass is 31.2. The number of hydrogen-bond acceptors (Lipinski definition) is 6. The second-order valence-electron chi connectivity index (χ2n) is 7.45. The van der Waals surface area contributed by atoms with Gasteiger partial charge in [0.05, 0.1) is 25.4 Å². The van der Waals surface area contributed by atoms with Gasteiger partial charge in [0.15, 0.2) is 18.9 Å². The van der Waals surface area contributed by atoms with Crippen LogP contribution in [0.3, 0.4) is 0 Å². The van der Waals surface area contributed by atoms with Gasteiger partial charge in [-0.1, -0.05) is 19.4 Å². The number of nitrogens with zero attached hydrogens (tertiary/aromatic N) is 1. The lowest BCUT2D eigenvalue weighted by molar-refractivity contribution is -0.697. The molecule has 1 aromatic heterocycles. The normalized spacial score (nSPS) is 29.6. The van der Waals surface area contributed by atoms with Crippen molar-refractivity contribution in [2.75, 3.05) is 26.4 Å². The summed E-state index contributed by atoms with van der Waals surface area (Å²) in [5, 5.41) is 0. The number of ether oxygens (including phenoxy) is 2. The zero-order valence-corrected chi connectivity index (χ0v) is 16.9. The zero-order chi connectivity index (χ0) is 19.2. The van der Waals surface area contributed by atoms with Gasteiger partial charge in [-0.25, -0.2) is 4.57 Å². The molecular formula is C19H30NO6P. The molecule has 0 spiro atoms. The van der Waals surface area contributed by atoms with Crippen LogP contribution in [0.4, 0.5) is 0 Å². The second kappa shape index (κ2) is 9.59. The van der Waals surface area contributed by atoms with Gasteiger partial charge in [0, 0.05) is 24.2 Å². The summed E-state index contributed by atoms with van der Waals surface area (Å²) >= 11 is 0. The van der Waals surface area contributed by atoms with Gasteiger partial charge < -0.3 is 23.4 Å². The van der Waals surface area contributed by atoms with E-state index in [1.54, 1.807) is 0 Å². The van der Waals surface area contributed by atoms with Crippen LogP contribution in [0.5, 0.6) is 0 Å². The fraction of sp³-hybridized carbons (Fsp3) is 0.737. The van der Waals surface area contributed by atoms with E-state index in [1.165, 1.54) is 0 Å². The number of rotatable bonds is 11. The summed E-state index contributed by atoms with van der Waals surface area (Å²) in [6, 6.07) is 5.67. The minimum absolute atomic E-state index is 0.0203. The van der Waals surface area contributed by atoms with Crippen LogP contribution >= 0.6 is 7.82 Å². The van der Waals surface area contributed by atoms with Crippen molar-refractivity contribution in [3.63, 3.8) is 0 Å². The van der Waals surface area contributed by atoms with Gasteiger partial charge in [0.2, 0.25) is 0 Å². The minimum Gasteiger partial charge on any atom is -0.756 e. The molecule has 8 heteroatoms. The zero-order valence-electron chi connectivity index (χ0n) is 16.0. The fourth-order valence-corrected chi connectivity index (χ4v) is 4.85. The van der Waals surface area contributed by atoms with Gasteiger partial charge in [-0.2, -0.15) is 0 Å². The van der Waals surface area contributed by atoms with E-state index < -0.39 is 7.82 Å². The third kappa shape index (κ3) is 5.83. The van der Waals surface area contributed by atoms with E-state index >= 15 is 0 Å². The van der Waals surface area contributed by atoms with Gasteiger partial charge in [0.1, 0.15) is 6.61 Å². The Hall–Kier alpha value is -0.820. The number of fused-ring (bicyclic) bond motifs is 1. The number of hydrogen-bond donors (Lipinski definition) is 0. The lowest BCUT2D eigenvalue weighted by Crippen LogP contribution is -2.35. The Kier molecular flexibility index (Phi) is 7.42. The summed E-state index contributed by atoms with van der Waals surface area (Å²) in [5.74, 6) is 0. The molecule has 3 rings (SSSR count). The SMILES string of the molecule is CCCOC[C@@H]1C[C@]2(COP(=O)([O-])OCC[n+]3ccccc3)CCC[C@@H]2O1. The van der Waals surface area contributed by atoms with Gasteiger partial charge in [-0.15, -0.1) is 0 Å². The summed E-state index contributed by atoms with van der Waals surface area (Å²) in [6.07, 6.45) is 8.44. The molecule has 0 bridgehead atoms. The third-order valence-corrected chi connectivity index (χ3v) is 6.30. The van der Waals surface area contributed by atoms with E-state index in [9.17, 15) is 9.46 Å². The lowest BCUT2D eigenvalue weighted by atomic mass is 9.82. The molecule has 0 radical (unpaired) electrons. The maximum absolute atomic E-state index is 12.2. The molecule has 0 aromatic carbocycles. The van der Waals surface area contributed by atoms with Crippen LogP contribution in [0, 0.1) is 5.41 Å². The summed E-state index contributed by atoms with van der Waals surface area (Å²) < 4.78 is 36.0. The quantitative estimate of drug-likeness (QED) is 0.323. The molecule has 2 aliphatic rings. The molecule has 0 N–H and O–H groups in total. The highest BCUT2D eigenvalue weighted by Crippen LogP contribution is 2.52. The maximum Gasteiger partial charge on any atom is 0.268 e. The second-order valence-corrected chi connectivity index (χ2v) is 8.86. The summed E-state index contributed by atoms with van der Waals surface area (Å²) in [7, 11) is -4.33. The minimum atomic E-state index is -4.33. The third-order valence-electron chi connectivity index (χ3n) is 5.35. The monoisotopic (exact) mass is 399 g/mol. The Morgan fingerprint density at radius 1 is 1.26 bits per heavy atom. The number of aromatic nitrogens is 1. The van der Waals surface area contributed by atoms with Crippen LogP contribution < -0.4 is 9.46 Å². The standard InChI is InChI=1S/C19H30NO6P/c1-2-12-23-15-17-14-19(8-6-7-18(19)26-17)16-25-27(21,22)24-13-11-20-9-4-3-5-10-20/h3-5,9-10,17-18H,2,6-8,11-16H2,1H3/t17-,18-,19-/m0/s1. The van der Waals surface area contributed by atoms with Crippen molar-refractivity contribution in [1.29, 1.82) is 0 Å². The summed E-state index contributed by atoms with van der Waals surface area (Å²) in [4.78, 5) is 12.2. The number of phosphoric ester groups is 1. The van der Waals surface area contributed by atoms with E-state index in [2.05, 4.69) is 6.92 Å². The Morgan fingerprint density at radius 2 is 2.07 bits per heavy atom. The maximum atomic E-state index is 12.2. The van der Waals surface area contributed by atoms with E-state index in [4.69, 9.17) is 18.5 Å². The first-order chi connectivity index (χ1) is 13.0. The summed E-state index contributed by atoms with van der Waals surface area (Å²) in [5.41, 5.74) is -0.238. The molecule has 2 heterocycles. The van der Waals surface area contributed by atoms with Crippen LogP contribution in [0.2, 0.25) is 0 Å². The van der Waals surface area contributed by atoms with Gasteiger partial charge >= 0.3 is 0 Å². The van der Waals surface area contributed by atoms with E-state index in [0.717, 1.165) is 38.7 Å². The molecule has 1 saturated heterocycles. The molecule has 1 saturated carbocycles. The number of phosphoric acid groups is 1. The Bertz CT molecular complexity index is 630. The Balaban J connectivity index is 1.46. The van der Waals surface area contributed by atoms with Crippen LogP contribution in [0.25, 0.3) is 0 Å². The molecule has 152 valence electrons. The summed E-state index contributed by atoms with van der Waals surface area (Å²) in [6.45, 7) is 3.98. The highest BCUT2D eigenvalue weighted by Gasteiger charge is 2.51. The largest absolute Gasteiger partial charge is 0.756 e. The number of pyridine rings is 1. The molecule has 1 aliphatic heterocycles. The van der Waals surface area contributed by atoms with E-state index in [-0.39, 0.29) is 30.8 Å². The molecular weight excluding hydrogens is 369 g/mol. The van der Waals surface area contributed by atoms with Crippen molar-refractivity contribution in [2.24, 2.45) is 5.41 Å². The molecule has 0 amide bonds. The van der Waals surface area contributed by atoms with Crippen molar-refractivity contribution in [1.82, 2.24) is 0 Å². The topological polar surface area (TPSA) is 80.9 Å². The highest BCUT2D eigenvalue weighted by molar-refractivity contribution is 7.45. The van der Waals surface area contributed by atoms with Crippen molar-refractivity contribution in [2.45, 2.75) is 57.8 Å². The van der Waals surface area contributed by atoms with E-state index in [1.807, 2.05) is 35.2 Å². The molecule has 2 fully saturated rings. The van der Waals surface area contributed by atoms with Crippen LogP contribution in [0.15, 0.2) is 30.6 Å². The average molecular weight is 399 g/mol. The predicted molar refractivity (Wildman–Crippen MR) is 96.8 cm³/mol. The van der Waals surface area contributed by atoms with Gasteiger partial charge in [0.25, 0.3) is 7.82 Å². The van der Waals surface area contributed by atoms with Crippen LogP contribution in [-0.4, -0.2) is 38.6 Å². The first-order valence-electron chi connectivity index (χ1n) is 9.80. The van der Waals surface area contributed by atoms with Gasteiger partial charge in [-0.05, 0) is 25.7 Å². The Morgan fingerprint density at radius 3 is 2.85 bits per heavy atom. The van der Waals surface area contributed by atoms with Crippen molar-refractivity contribution in [3.05, 3.63) is 30.6 Å². The van der Waals surface area contributed by atoms with Gasteiger partial charge in [-0.3, -0.25) is 4.57 Å². The smallest absolute Gasteiger partial charge is 0.268 e. The van der Waals surface area contributed by atoms with Crippen molar-refractivity contribution < 1.29 is 32.5 Å². The van der Waals surface area contributed by atoms with Crippen molar-refractivity contribution >= 4 is 7.82 Å². The molecule has 7 nitrogen and oxygen atoms in total. The fourth-order valence-electron chi connectivity index (χ4n) is 4.05.